The van der Waals surface area contributed by atoms with Gasteiger partial charge in [0.2, 0.25) is 0 Å². The summed E-state index contributed by atoms with van der Waals surface area (Å²) in [5.74, 6) is 0.367. The first kappa shape index (κ1) is 13.7. The SMILES string of the molecule is Cc1cc(-c2ccc3c(c2)CC(Br)C3O)cc(C)c1O. The van der Waals surface area contributed by atoms with Crippen molar-refractivity contribution in [3.63, 3.8) is 0 Å². The van der Waals surface area contributed by atoms with Crippen LogP contribution in [0.5, 0.6) is 5.75 Å². The van der Waals surface area contributed by atoms with Crippen LogP contribution < -0.4 is 0 Å². The lowest BCUT2D eigenvalue weighted by Gasteiger charge is -2.10. The highest BCUT2D eigenvalue weighted by molar-refractivity contribution is 9.09. The zero-order chi connectivity index (χ0) is 14.4. The van der Waals surface area contributed by atoms with Gasteiger partial charge in [-0.3, -0.25) is 0 Å². The number of hydrogen-bond acceptors (Lipinski definition) is 2. The van der Waals surface area contributed by atoms with Crippen molar-refractivity contribution in [2.75, 3.05) is 0 Å². The Kier molecular flexibility index (Phi) is 3.35. The van der Waals surface area contributed by atoms with Crippen LogP contribution in [0.3, 0.4) is 0 Å². The molecule has 0 saturated heterocycles. The molecule has 2 aromatic rings. The van der Waals surface area contributed by atoms with Crippen LogP contribution in [0.2, 0.25) is 0 Å². The first-order valence-electron chi connectivity index (χ1n) is 6.73. The minimum atomic E-state index is -0.414. The monoisotopic (exact) mass is 332 g/mol. The quantitative estimate of drug-likeness (QED) is 0.774. The summed E-state index contributed by atoms with van der Waals surface area (Å²) in [6, 6.07) is 10.2. The van der Waals surface area contributed by atoms with Crippen LogP contribution >= 0.6 is 15.9 Å². The fraction of sp³-hybridized carbons (Fsp3) is 0.294. The first-order chi connectivity index (χ1) is 9.47. The molecule has 2 aromatic carbocycles. The Bertz CT molecular complexity index is 656. The second-order valence-corrected chi connectivity index (χ2v) is 6.71. The maximum atomic E-state index is 10.1. The Morgan fingerprint density at radius 3 is 2.35 bits per heavy atom. The largest absolute Gasteiger partial charge is 0.507 e. The van der Waals surface area contributed by atoms with Gasteiger partial charge in [0.15, 0.2) is 0 Å². The van der Waals surface area contributed by atoms with Crippen molar-refractivity contribution in [3.8, 4) is 16.9 Å². The third-order valence-corrected chi connectivity index (χ3v) is 4.87. The van der Waals surface area contributed by atoms with E-state index in [0.717, 1.165) is 34.2 Å². The zero-order valence-electron chi connectivity index (χ0n) is 11.5. The fourth-order valence-corrected chi connectivity index (χ4v) is 3.52. The highest BCUT2D eigenvalue weighted by Crippen LogP contribution is 2.38. The number of aryl methyl sites for hydroxylation is 2. The Morgan fingerprint density at radius 2 is 1.70 bits per heavy atom. The lowest BCUT2D eigenvalue weighted by Crippen LogP contribution is -2.03. The second-order valence-electron chi connectivity index (χ2n) is 5.54. The first-order valence-corrected chi connectivity index (χ1v) is 7.64. The number of aliphatic hydroxyl groups is 1. The number of alkyl halides is 1. The minimum absolute atomic E-state index is 0.107. The highest BCUT2D eigenvalue weighted by atomic mass is 79.9. The number of fused-ring (bicyclic) bond motifs is 1. The number of rotatable bonds is 1. The van der Waals surface area contributed by atoms with Gasteiger partial charge < -0.3 is 10.2 Å². The average Bonchev–Trinajstić information content (AvgIpc) is 2.70. The number of phenolic OH excluding ortho intramolecular Hbond substituents is 1. The van der Waals surface area contributed by atoms with E-state index in [4.69, 9.17) is 0 Å². The van der Waals surface area contributed by atoms with Crippen LogP contribution in [0.1, 0.15) is 28.4 Å². The van der Waals surface area contributed by atoms with E-state index in [0.29, 0.717) is 5.75 Å². The van der Waals surface area contributed by atoms with E-state index in [2.05, 4.69) is 22.0 Å². The molecule has 104 valence electrons. The molecule has 2 nitrogen and oxygen atoms in total. The predicted molar refractivity (Wildman–Crippen MR) is 84.4 cm³/mol. The molecule has 0 aliphatic heterocycles. The molecule has 1 aliphatic carbocycles. The Balaban J connectivity index is 2.07. The van der Waals surface area contributed by atoms with Crippen molar-refractivity contribution < 1.29 is 10.2 Å². The van der Waals surface area contributed by atoms with E-state index >= 15 is 0 Å². The van der Waals surface area contributed by atoms with Crippen LogP contribution in [0.15, 0.2) is 30.3 Å². The summed E-state index contributed by atoms with van der Waals surface area (Å²) in [5.41, 5.74) is 6.22. The van der Waals surface area contributed by atoms with Crippen molar-refractivity contribution in [2.24, 2.45) is 0 Å². The van der Waals surface area contributed by atoms with E-state index < -0.39 is 6.10 Å². The van der Waals surface area contributed by atoms with Crippen molar-refractivity contribution in [2.45, 2.75) is 31.2 Å². The van der Waals surface area contributed by atoms with Crippen LogP contribution in [0, 0.1) is 13.8 Å². The van der Waals surface area contributed by atoms with Gasteiger partial charge in [-0.15, -0.1) is 0 Å². The molecule has 2 atom stereocenters. The number of hydrogen-bond donors (Lipinski definition) is 2. The van der Waals surface area contributed by atoms with Crippen molar-refractivity contribution in [3.05, 3.63) is 52.6 Å². The molecular formula is C17H17BrO2. The van der Waals surface area contributed by atoms with Gasteiger partial charge >= 0.3 is 0 Å². The molecular weight excluding hydrogens is 316 g/mol. The minimum Gasteiger partial charge on any atom is -0.507 e. The van der Waals surface area contributed by atoms with E-state index in [1.165, 1.54) is 5.56 Å². The maximum absolute atomic E-state index is 10.1. The molecule has 0 fully saturated rings. The topological polar surface area (TPSA) is 40.5 Å². The number of halogens is 1. The number of phenols is 1. The Hall–Kier alpha value is -1.32. The lowest BCUT2D eigenvalue weighted by molar-refractivity contribution is 0.187. The molecule has 2 N–H and O–H groups in total. The molecule has 0 saturated carbocycles. The van der Waals surface area contributed by atoms with Gasteiger partial charge in [0.25, 0.3) is 0 Å². The van der Waals surface area contributed by atoms with Crippen LogP contribution in [0.4, 0.5) is 0 Å². The summed E-state index contributed by atoms with van der Waals surface area (Å²) in [6.07, 6.45) is 0.433. The van der Waals surface area contributed by atoms with E-state index in [1.54, 1.807) is 0 Å². The lowest BCUT2D eigenvalue weighted by atomic mass is 9.97. The zero-order valence-corrected chi connectivity index (χ0v) is 13.1. The molecule has 20 heavy (non-hydrogen) atoms. The second kappa shape index (κ2) is 4.90. The third-order valence-electron chi connectivity index (χ3n) is 4.04. The van der Waals surface area contributed by atoms with Gasteiger partial charge in [-0.1, -0.05) is 34.1 Å². The van der Waals surface area contributed by atoms with E-state index in [9.17, 15) is 10.2 Å². The van der Waals surface area contributed by atoms with Crippen LogP contribution in [0.25, 0.3) is 11.1 Å². The maximum Gasteiger partial charge on any atom is 0.121 e. The van der Waals surface area contributed by atoms with Gasteiger partial charge in [0.05, 0.1) is 6.10 Å². The molecule has 0 bridgehead atoms. The molecule has 0 aromatic heterocycles. The van der Waals surface area contributed by atoms with Gasteiger partial charge in [0, 0.05) is 4.83 Å². The standard InChI is InChI=1S/C17H17BrO2/c1-9-5-12(6-10(2)16(9)19)11-3-4-14-13(7-11)8-15(18)17(14)20/h3-7,15,17,19-20H,8H2,1-2H3. The average molecular weight is 333 g/mol. The third kappa shape index (κ3) is 2.15. The summed E-state index contributed by atoms with van der Waals surface area (Å²) in [5, 5.41) is 19.9. The molecule has 3 rings (SSSR count). The fourth-order valence-electron chi connectivity index (χ4n) is 2.89. The number of aliphatic hydroxyl groups excluding tert-OH is 1. The van der Waals surface area contributed by atoms with E-state index in [1.807, 2.05) is 38.1 Å². The van der Waals surface area contributed by atoms with Crippen LogP contribution in [-0.4, -0.2) is 15.0 Å². The summed E-state index contributed by atoms with van der Waals surface area (Å²) in [4.78, 5) is 0.107. The smallest absolute Gasteiger partial charge is 0.121 e. The summed E-state index contributed by atoms with van der Waals surface area (Å²) in [7, 11) is 0. The molecule has 1 aliphatic rings. The number of benzene rings is 2. The molecule has 2 unspecified atom stereocenters. The molecule has 0 radical (unpaired) electrons. The number of aromatic hydroxyl groups is 1. The molecule has 3 heteroatoms. The Labute approximate surface area is 127 Å². The molecule has 0 heterocycles. The molecule has 0 spiro atoms. The van der Waals surface area contributed by atoms with Gasteiger partial charge in [-0.2, -0.15) is 0 Å². The van der Waals surface area contributed by atoms with Crippen molar-refractivity contribution in [1.82, 2.24) is 0 Å². The summed E-state index contributed by atoms with van der Waals surface area (Å²) in [6.45, 7) is 3.83. The van der Waals surface area contributed by atoms with Gasteiger partial charge in [-0.25, -0.2) is 0 Å². The van der Waals surface area contributed by atoms with Crippen molar-refractivity contribution >= 4 is 15.9 Å². The van der Waals surface area contributed by atoms with Gasteiger partial charge in [-0.05, 0) is 65.8 Å². The Morgan fingerprint density at radius 1 is 1.05 bits per heavy atom. The summed E-state index contributed by atoms with van der Waals surface area (Å²) >= 11 is 3.51. The van der Waals surface area contributed by atoms with Gasteiger partial charge in [0.1, 0.15) is 5.75 Å². The molecule has 0 amide bonds. The van der Waals surface area contributed by atoms with Crippen molar-refractivity contribution in [1.29, 1.82) is 0 Å². The highest BCUT2D eigenvalue weighted by Gasteiger charge is 2.28. The normalized spacial score (nSPS) is 21.0. The predicted octanol–water partition coefficient (Wildman–Crippen LogP) is 4.03. The van der Waals surface area contributed by atoms with Crippen LogP contribution in [-0.2, 0) is 6.42 Å². The summed E-state index contributed by atoms with van der Waals surface area (Å²) < 4.78 is 0. The van der Waals surface area contributed by atoms with E-state index in [-0.39, 0.29) is 4.83 Å².